The van der Waals surface area contributed by atoms with Crippen LogP contribution in [0.5, 0.6) is 0 Å². The monoisotopic (exact) mass is 362 g/mol. The fourth-order valence-electron chi connectivity index (χ4n) is 4.67. The van der Waals surface area contributed by atoms with E-state index in [0.29, 0.717) is 12.2 Å². The maximum absolute atomic E-state index is 13.0. The van der Waals surface area contributed by atoms with Gasteiger partial charge >= 0.3 is 0 Å². The Morgan fingerprint density at radius 1 is 1.15 bits per heavy atom. The number of nitrogens with one attached hydrogen (secondary N) is 1. The number of piperidine rings is 1. The largest absolute Gasteiger partial charge is 0.450 e. The zero-order chi connectivity index (χ0) is 18.5. The van der Waals surface area contributed by atoms with E-state index in [-0.39, 0.29) is 23.9 Å². The van der Waals surface area contributed by atoms with Gasteiger partial charge in [0.05, 0.1) is 12.1 Å². The second-order valence-electron chi connectivity index (χ2n) is 7.65. The average molecular weight is 362 g/mol. The number of furan rings is 1. The first kappa shape index (κ1) is 16.4. The lowest BCUT2D eigenvalue weighted by molar-refractivity contribution is -0.129. The molecule has 2 amide bonds. The number of carbonyl (C=O) groups is 2. The molecule has 1 aromatic heterocycles. The molecule has 5 nitrogen and oxygen atoms in total. The maximum atomic E-state index is 13.0. The maximum Gasteiger partial charge on any atom is 0.287 e. The van der Waals surface area contributed by atoms with Gasteiger partial charge in [-0.05, 0) is 31.6 Å². The van der Waals surface area contributed by atoms with Crippen LogP contribution in [-0.4, -0.2) is 35.3 Å². The lowest BCUT2D eigenvalue weighted by Gasteiger charge is -2.32. The number of nitrogens with zero attached hydrogens (tertiary/aromatic N) is 1. The average Bonchev–Trinajstić information content (AvgIpc) is 3.20. The fourth-order valence-corrected chi connectivity index (χ4v) is 4.67. The highest BCUT2D eigenvalue weighted by Crippen LogP contribution is 2.33. The molecule has 3 aromatic rings. The molecule has 2 aliphatic rings. The minimum atomic E-state index is -0.224. The van der Waals surface area contributed by atoms with Gasteiger partial charge in [-0.1, -0.05) is 36.4 Å². The molecule has 0 bridgehead atoms. The number of aryl methyl sites for hydroxylation is 1. The fraction of sp³-hybridized carbons (Fsp3) is 0.364. The van der Waals surface area contributed by atoms with E-state index in [1.807, 2.05) is 42.2 Å². The van der Waals surface area contributed by atoms with Crippen molar-refractivity contribution in [1.29, 1.82) is 0 Å². The molecule has 0 saturated carbocycles. The van der Waals surface area contributed by atoms with Gasteiger partial charge in [0.25, 0.3) is 5.91 Å². The number of hydrogen-bond acceptors (Lipinski definition) is 3. The summed E-state index contributed by atoms with van der Waals surface area (Å²) in [4.78, 5) is 27.2. The van der Waals surface area contributed by atoms with E-state index >= 15 is 0 Å². The number of carbonyl (C=O) groups excluding carboxylic acids is 2. The van der Waals surface area contributed by atoms with Crippen LogP contribution in [0, 0.1) is 6.92 Å². The molecule has 138 valence electrons. The second-order valence-corrected chi connectivity index (χ2v) is 7.65. The van der Waals surface area contributed by atoms with E-state index in [9.17, 15) is 9.59 Å². The number of benzene rings is 2. The smallest absolute Gasteiger partial charge is 0.287 e. The zero-order valence-electron chi connectivity index (χ0n) is 15.3. The molecule has 2 fully saturated rings. The van der Waals surface area contributed by atoms with E-state index < -0.39 is 0 Å². The molecule has 2 aliphatic heterocycles. The summed E-state index contributed by atoms with van der Waals surface area (Å²) in [7, 11) is 0. The zero-order valence-corrected chi connectivity index (χ0v) is 15.3. The topological polar surface area (TPSA) is 62.6 Å². The first-order valence-corrected chi connectivity index (χ1v) is 9.64. The molecule has 5 rings (SSSR count). The van der Waals surface area contributed by atoms with Gasteiger partial charge in [-0.15, -0.1) is 0 Å². The predicted molar refractivity (Wildman–Crippen MR) is 104 cm³/mol. The van der Waals surface area contributed by atoms with E-state index in [0.717, 1.165) is 53.1 Å². The molecular weight excluding hydrogens is 340 g/mol. The van der Waals surface area contributed by atoms with Crippen molar-refractivity contribution >= 4 is 33.6 Å². The Hall–Kier alpha value is -2.82. The summed E-state index contributed by atoms with van der Waals surface area (Å²) in [5.41, 5.74) is 1.59. The van der Waals surface area contributed by atoms with Crippen LogP contribution >= 0.6 is 0 Å². The molecule has 2 unspecified atom stereocenters. The van der Waals surface area contributed by atoms with Crippen LogP contribution in [0.4, 0.5) is 0 Å². The van der Waals surface area contributed by atoms with Gasteiger partial charge in [-0.2, -0.15) is 0 Å². The molecule has 5 heteroatoms. The Morgan fingerprint density at radius 2 is 2.00 bits per heavy atom. The van der Waals surface area contributed by atoms with Gasteiger partial charge < -0.3 is 14.6 Å². The molecule has 2 aromatic carbocycles. The number of amides is 2. The highest BCUT2D eigenvalue weighted by molar-refractivity contribution is 6.09. The van der Waals surface area contributed by atoms with Gasteiger partial charge in [0.1, 0.15) is 5.58 Å². The lowest BCUT2D eigenvalue weighted by atomic mass is 9.99. The quantitative estimate of drug-likeness (QED) is 0.755. The van der Waals surface area contributed by atoms with Crippen molar-refractivity contribution in [2.45, 2.75) is 44.7 Å². The minimum absolute atomic E-state index is 0.126. The normalized spacial score (nSPS) is 22.4. The van der Waals surface area contributed by atoms with Crippen molar-refractivity contribution in [2.24, 2.45) is 0 Å². The third-order valence-electron chi connectivity index (χ3n) is 6.08. The van der Waals surface area contributed by atoms with Crippen molar-refractivity contribution in [3.8, 4) is 0 Å². The minimum Gasteiger partial charge on any atom is -0.450 e. The van der Waals surface area contributed by atoms with Crippen LogP contribution < -0.4 is 5.32 Å². The lowest BCUT2D eigenvalue weighted by Crippen LogP contribution is -2.47. The number of fused-ring (bicyclic) bond motifs is 4. The summed E-state index contributed by atoms with van der Waals surface area (Å²) in [5.74, 6) is 0.276. The first-order valence-electron chi connectivity index (χ1n) is 9.64. The van der Waals surface area contributed by atoms with Crippen LogP contribution in [0.25, 0.3) is 21.7 Å². The Balaban J connectivity index is 1.48. The summed E-state index contributed by atoms with van der Waals surface area (Å²) >= 11 is 0. The van der Waals surface area contributed by atoms with Crippen LogP contribution in [0.1, 0.15) is 41.8 Å². The molecule has 2 atom stereocenters. The standard InChI is InChI=1S/C22H22N2O3/c1-13-15-10-9-14-6-2-3-7-16(14)21(15)27-20(13)22(26)23-17-12-19(25)24-11-5-4-8-18(17)24/h2-3,6-7,9-10,17-18H,4-5,8,11-12H2,1H3,(H,23,26). The summed E-state index contributed by atoms with van der Waals surface area (Å²) in [6.45, 7) is 2.73. The molecule has 27 heavy (non-hydrogen) atoms. The molecule has 3 heterocycles. The summed E-state index contributed by atoms with van der Waals surface area (Å²) in [6, 6.07) is 12.1. The van der Waals surface area contributed by atoms with Crippen LogP contribution in [-0.2, 0) is 4.79 Å². The molecule has 1 N–H and O–H groups in total. The van der Waals surface area contributed by atoms with Crippen molar-refractivity contribution in [3.63, 3.8) is 0 Å². The Labute approximate surface area is 157 Å². The first-order chi connectivity index (χ1) is 13.1. The molecule has 0 spiro atoms. The third-order valence-corrected chi connectivity index (χ3v) is 6.08. The number of hydrogen-bond donors (Lipinski definition) is 1. The van der Waals surface area contributed by atoms with Crippen LogP contribution in [0.2, 0.25) is 0 Å². The molecular formula is C22H22N2O3. The second kappa shape index (κ2) is 6.12. The predicted octanol–water partition coefficient (Wildman–Crippen LogP) is 3.78. The van der Waals surface area contributed by atoms with Gasteiger partial charge in [0, 0.05) is 29.3 Å². The van der Waals surface area contributed by atoms with Gasteiger partial charge in [0.2, 0.25) is 5.91 Å². The Kier molecular flexibility index (Phi) is 3.71. The van der Waals surface area contributed by atoms with E-state index in [2.05, 4.69) is 11.4 Å². The van der Waals surface area contributed by atoms with Gasteiger partial charge in [-0.3, -0.25) is 9.59 Å². The van der Waals surface area contributed by atoms with Gasteiger partial charge in [0.15, 0.2) is 5.76 Å². The van der Waals surface area contributed by atoms with Crippen molar-refractivity contribution in [1.82, 2.24) is 10.2 Å². The van der Waals surface area contributed by atoms with Crippen molar-refractivity contribution < 1.29 is 14.0 Å². The van der Waals surface area contributed by atoms with E-state index in [4.69, 9.17) is 4.42 Å². The summed E-state index contributed by atoms with van der Waals surface area (Å²) in [5, 5.41) is 6.13. The molecule has 0 radical (unpaired) electrons. The number of rotatable bonds is 2. The summed E-state index contributed by atoms with van der Waals surface area (Å²) in [6.07, 6.45) is 3.51. The molecule has 2 saturated heterocycles. The third kappa shape index (κ3) is 2.52. The van der Waals surface area contributed by atoms with Gasteiger partial charge in [-0.25, -0.2) is 0 Å². The van der Waals surface area contributed by atoms with E-state index in [1.54, 1.807) is 0 Å². The van der Waals surface area contributed by atoms with Crippen molar-refractivity contribution in [3.05, 3.63) is 47.7 Å². The highest BCUT2D eigenvalue weighted by atomic mass is 16.3. The summed E-state index contributed by atoms with van der Waals surface area (Å²) < 4.78 is 6.04. The molecule has 0 aliphatic carbocycles. The van der Waals surface area contributed by atoms with E-state index in [1.165, 1.54) is 0 Å². The van der Waals surface area contributed by atoms with Crippen LogP contribution in [0.3, 0.4) is 0 Å². The highest BCUT2D eigenvalue weighted by Gasteiger charge is 2.41. The van der Waals surface area contributed by atoms with Crippen molar-refractivity contribution in [2.75, 3.05) is 6.54 Å². The SMILES string of the molecule is Cc1c(C(=O)NC2CC(=O)N3CCCCC23)oc2c1ccc1ccccc12. The Morgan fingerprint density at radius 3 is 2.89 bits per heavy atom. The Bertz CT molecular complexity index is 1070. The van der Waals surface area contributed by atoms with Crippen LogP contribution in [0.15, 0.2) is 40.8 Å².